The molecule has 0 saturated heterocycles. The van der Waals surface area contributed by atoms with Gasteiger partial charge in [-0.1, -0.05) is 12.1 Å². The number of hydrogen-bond acceptors (Lipinski definition) is 6. The number of sulfonamides is 1. The number of thiocarbonyl (C=S) groups is 1. The fraction of sp³-hybridized carbons (Fsp3) is 0.100. The minimum Gasteiger partial charge on any atom is -0.506 e. The van der Waals surface area contributed by atoms with Crippen molar-refractivity contribution in [2.45, 2.75) is 18.0 Å². The molecule has 0 bridgehead atoms. The summed E-state index contributed by atoms with van der Waals surface area (Å²) in [6.45, 7) is 1.62. The average Bonchev–Trinajstić information content (AvgIpc) is 3.12. The van der Waals surface area contributed by atoms with Crippen molar-refractivity contribution in [3.05, 3.63) is 65.0 Å². The summed E-state index contributed by atoms with van der Waals surface area (Å²) in [6.07, 6.45) is -4.44. The number of nitrogens with one attached hydrogen (secondary N) is 2. The predicted octanol–water partition coefficient (Wildman–Crippen LogP) is 4.50. The van der Waals surface area contributed by atoms with Crippen LogP contribution < -0.4 is 15.9 Å². The van der Waals surface area contributed by atoms with Gasteiger partial charge in [0.1, 0.15) is 5.75 Å². The molecule has 0 aliphatic heterocycles. The number of hydrazone groups is 1. The minimum absolute atomic E-state index is 0.0439. The first kappa shape index (κ1) is 24.6. The van der Waals surface area contributed by atoms with Crippen molar-refractivity contribution in [2.24, 2.45) is 10.2 Å². The predicted molar refractivity (Wildman–Crippen MR) is 126 cm³/mol. The first-order valence-electron chi connectivity index (χ1n) is 9.09. The average molecular weight is 515 g/mol. The first-order valence-corrected chi connectivity index (χ1v) is 11.9. The van der Waals surface area contributed by atoms with E-state index in [2.05, 4.69) is 15.8 Å². The van der Waals surface area contributed by atoms with E-state index < -0.39 is 21.8 Å². The standard InChI is InChI=1S/C20H17F3N4O3S3/c1-11(26-27-19(31)25-14-6-8-15(9-7-14)33(24,29)30)16-10-32-18(17(16)28)12-2-4-13(5-3-12)20(21,22)23/h2-10,28H,1H3,(H2,24,29,30)(H2,25,27,31). The largest absolute Gasteiger partial charge is 0.506 e. The summed E-state index contributed by atoms with van der Waals surface area (Å²) in [7, 11) is -3.80. The van der Waals surface area contributed by atoms with Gasteiger partial charge in [0, 0.05) is 11.1 Å². The molecule has 2 aromatic carbocycles. The minimum atomic E-state index is -4.44. The summed E-state index contributed by atoms with van der Waals surface area (Å²) < 4.78 is 60.8. The molecule has 13 heteroatoms. The molecule has 33 heavy (non-hydrogen) atoms. The number of primary sulfonamides is 1. The van der Waals surface area contributed by atoms with Crippen LogP contribution in [0.4, 0.5) is 18.9 Å². The molecule has 0 spiro atoms. The molecule has 1 aromatic heterocycles. The maximum atomic E-state index is 12.7. The molecular formula is C20H17F3N4O3S3. The molecule has 3 aromatic rings. The Hall–Kier alpha value is -3.00. The molecule has 0 unspecified atom stereocenters. The Balaban J connectivity index is 1.69. The third kappa shape index (κ3) is 6.07. The van der Waals surface area contributed by atoms with E-state index in [1.165, 1.54) is 36.4 Å². The Morgan fingerprint density at radius 3 is 2.27 bits per heavy atom. The van der Waals surface area contributed by atoms with E-state index >= 15 is 0 Å². The molecule has 0 radical (unpaired) electrons. The summed E-state index contributed by atoms with van der Waals surface area (Å²) in [4.78, 5) is 0.362. The van der Waals surface area contributed by atoms with Crippen molar-refractivity contribution in [2.75, 3.05) is 5.32 Å². The third-order valence-electron chi connectivity index (χ3n) is 4.39. The molecule has 0 aliphatic rings. The van der Waals surface area contributed by atoms with Crippen LogP contribution in [0.25, 0.3) is 10.4 Å². The number of nitrogens with zero attached hydrogens (tertiary/aromatic N) is 1. The zero-order valence-corrected chi connectivity index (χ0v) is 19.3. The Kier molecular flexibility index (Phi) is 7.07. The van der Waals surface area contributed by atoms with Crippen molar-refractivity contribution in [3.63, 3.8) is 0 Å². The summed E-state index contributed by atoms with van der Waals surface area (Å²) >= 11 is 6.31. The zero-order chi connectivity index (χ0) is 24.4. The summed E-state index contributed by atoms with van der Waals surface area (Å²) in [6, 6.07) is 10.1. The van der Waals surface area contributed by atoms with Crippen molar-refractivity contribution in [1.82, 2.24) is 5.43 Å². The van der Waals surface area contributed by atoms with E-state index in [4.69, 9.17) is 17.4 Å². The monoisotopic (exact) mass is 514 g/mol. The van der Waals surface area contributed by atoms with Crippen molar-refractivity contribution in [3.8, 4) is 16.2 Å². The number of thiophene rings is 1. The lowest BCUT2D eigenvalue weighted by atomic mass is 10.1. The highest BCUT2D eigenvalue weighted by atomic mass is 32.2. The van der Waals surface area contributed by atoms with Gasteiger partial charge in [-0.25, -0.2) is 13.6 Å². The Morgan fingerprint density at radius 1 is 1.12 bits per heavy atom. The van der Waals surface area contributed by atoms with Gasteiger partial charge in [-0.3, -0.25) is 5.43 Å². The smallest absolute Gasteiger partial charge is 0.416 e. The van der Waals surface area contributed by atoms with E-state index in [0.29, 0.717) is 27.4 Å². The molecule has 7 nitrogen and oxygen atoms in total. The Bertz CT molecular complexity index is 1300. The van der Waals surface area contributed by atoms with Gasteiger partial charge in [-0.15, -0.1) is 11.3 Å². The quantitative estimate of drug-likeness (QED) is 0.226. The zero-order valence-electron chi connectivity index (χ0n) is 16.8. The SMILES string of the molecule is CC(=NNC(=S)Nc1ccc(S(N)(=O)=O)cc1)c1csc(-c2ccc(C(F)(F)F)cc2)c1O. The van der Waals surface area contributed by atoms with Gasteiger partial charge in [-0.05, 0) is 61.1 Å². The van der Waals surface area contributed by atoms with Crippen LogP contribution in [0.3, 0.4) is 0 Å². The normalized spacial score (nSPS) is 12.5. The lowest BCUT2D eigenvalue weighted by molar-refractivity contribution is -0.137. The molecule has 0 aliphatic carbocycles. The number of aromatic hydroxyl groups is 1. The lowest BCUT2D eigenvalue weighted by Gasteiger charge is -2.09. The van der Waals surface area contributed by atoms with E-state index in [1.54, 1.807) is 12.3 Å². The van der Waals surface area contributed by atoms with Gasteiger partial charge in [0.05, 0.1) is 26.6 Å². The number of anilines is 1. The molecule has 5 N–H and O–H groups in total. The van der Waals surface area contributed by atoms with Crippen molar-refractivity contribution < 1.29 is 26.7 Å². The fourth-order valence-corrected chi connectivity index (χ4v) is 4.40. The third-order valence-corrected chi connectivity index (χ3v) is 6.54. The Labute approximate surface area is 196 Å². The highest BCUT2D eigenvalue weighted by Gasteiger charge is 2.30. The topological polar surface area (TPSA) is 117 Å². The number of rotatable bonds is 5. The van der Waals surface area contributed by atoms with Gasteiger partial charge >= 0.3 is 6.18 Å². The molecular weight excluding hydrogens is 497 g/mol. The second kappa shape index (κ2) is 9.47. The highest BCUT2D eigenvalue weighted by Crippen LogP contribution is 2.39. The molecule has 174 valence electrons. The molecule has 0 amide bonds. The van der Waals surface area contributed by atoms with Crippen LogP contribution in [-0.4, -0.2) is 24.3 Å². The highest BCUT2D eigenvalue weighted by molar-refractivity contribution is 7.89. The van der Waals surface area contributed by atoms with Crippen LogP contribution in [0, 0.1) is 0 Å². The second-order valence-electron chi connectivity index (χ2n) is 6.73. The molecule has 0 fully saturated rings. The number of hydrogen-bond donors (Lipinski definition) is 4. The number of halogens is 3. The number of benzene rings is 2. The molecule has 0 atom stereocenters. The van der Waals surface area contributed by atoms with E-state index in [0.717, 1.165) is 23.5 Å². The summed E-state index contributed by atoms with van der Waals surface area (Å²) in [5.41, 5.74) is 3.55. The van der Waals surface area contributed by atoms with Gasteiger partial charge in [0.15, 0.2) is 5.11 Å². The van der Waals surface area contributed by atoms with E-state index in [1.807, 2.05) is 0 Å². The van der Waals surface area contributed by atoms with Crippen LogP contribution >= 0.6 is 23.6 Å². The van der Waals surface area contributed by atoms with Crippen LogP contribution in [0.15, 0.2) is 63.9 Å². The van der Waals surface area contributed by atoms with E-state index in [-0.39, 0.29) is 15.8 Å². The second-order valence-corrected chi connectivity index (χ2v) is 9.58. The fourth-order valence-electron chi connectivity index (χ4n) is 2.71. The molecule has 3 rings (SSSR count). The first-order chi connectivity index (χ1) is 15.4. The number of nitrogens with two attached hydrogens (primary N) is 1. The Morgan fingerprint density at radius 2 is 1.73 bits per heavy atom. The van der Waals surface area contributed by atoms with E-state index in [9.17, 15) is 26.7 Å². The number of alkyl halides is 3. The molecule has 0 saturated carbocycles. The maximum Gasteiger partial charge on any atom is 0.416 e. The van der Waals surface area contributed by atoms with Crippen molar-refractivity contribution in [1.29, 1.82) is 0 Å². The van der Waals surface area contributed by atoms with Crippen LogP contribution in [0.5, 0.6) is 5.75 Å². The van der Waals surface area contributed by atoms with Crippen molar-refractivity contribution >= 4 is 50.1 Å². The molecule has 1 heterocycles. The summed E-state index contributed by atoms with van der Waals surface area (Å²) in [5, 5.41) is 24.3. The van der Waals surface area contributed by atoms with Crippen LogP contribution in [0.1, 0.15) is 18.1 Å². The van der Waals surface area contributed by atoms with Gasteiger partial charge in [0.2, 0.25) is 10.0 Å². The summed E-state index contributed by atoms with van der Waals surface area (Å²) in [5.74, 6) is -0.111. The van der Waals surface area contributed by atoms with Gasteiger partial charge in [0.25, 0.3) is 0 Å². The lowest BCUT2D eigenvalue weighted by Crippen LogP contribution is -2.25. The maximum absolute atomic E-state index is 12.7. The van der Waals surface area contributed by atoms with Gasteiger partial charge in [-0.2, -0.15) is 18.3 Å². The van der Waals surface area contributed by atoms with Crippen LogP contribution in [-0.2, 0) is 16.2 Å². The van der Waals surface area contributed by atoms with Gasteiger partial charge < -0.3 is 10.4 Å². The van der Waals surface area contributed by atoms with Crippen LogP contribution in [0.2, 0.25) is 0 Å².